The summed E-state index contributed by atoms with van der Waals surface area (Å²) >= 11 is 10.2. The fraction of sp³-hybridized carbons (Fsp3) is 0.333. The monoisotopic (exact) mass is 154 g/mol. The second-order valence-corrected chi connectivity index (χ2v) is 1.60. The third-order valence-electron chi connectivity index (χ3n) is 0.465. The molecule has 0 bridgehead atoms. The minimum Gasteiger partial charge on any atom is -0.322 e. The molecule has 0 saturated carbocycles. The van der Waals surface area contributed by atoms with Gasteiger partial charge in [0.05, 0.1) is 5.88 Å². The molecule has 0 radical (unpaired) electrons. The number of rotatable bonds is 2. The Morgan fingerprint density at radius 2 is 2.25 bits per heavy atom. The summed E-state index contributed by atoms with van der Waals surface area (Å²) in [5.41, 5.74) is 0. The van der Waals surface area contributed by atoms with Gasteiger partial charge >= 0.3 is 0 Å². The van der Waals surface area contributed by atoms with Crippen molar-refractivity contribution in [3.63, 3.8) is 0 Å². The first-order valence-electron chi connectivity index (χ1n) is 1.75. The summed E-state index contributed by atoms with van der Waals surface area (Å²) in [6, 6.07) is 0. The number of carbonyl (C=O) groups excluding carboxylic acids is 1. The predicted molar refractivity (Wildman–Crippen MR) is 33.2 cm³/mol. The Kier molecular flexibility index (Phi) is 3.56. The number of Topliss-reactive ketones (excluding diaryl/α,β-unsaturated/α-hetero) is 1. The summed E-state index contributed by atoms with van der Waals surface area (Å²) in [5.74, 6) is 3.98. The number of carbonyl (C=O) groups is 1. The molecule has 0 aliphatic carbocycles. The van der Waals surface area contributed by atoms with Crippen molar-refractivity contribution in [1.29, 1.82) is 0 Å². The van der Waals surface area contributed by atoms with Gasteiger partial charge in [0.15, 0.2) is 5.17 Å². The van der Waals surface area contributed by atoms with Gasteiger partial charge in [-0.3, -0.25) is 4.79 Å². The van der Waals surface area contributed by atoms with Crippen LogP contribution in [-0.2, 0) is 4.79 Å². The van der Waals surface area contributed by atoms with E-state index in [-0.39, 0.29) is 11.1 Å². The zero-order valence-electron chi connectivity index (χ0n) is 3.90. The molecular weight excluding hydrogens is 151 g/mol. The second kappa shape index (κ2) is 3.69. The van der Waals surface area contributed by atoms with Crippen molar-refractivity contribution in [2.45, 2.75) is 0 Å². The third kappa shape index (κ3) is 2.14. The van der Waals surface area contributed by atoms with Crippen LogP contribution in [0.5, 0.6) is 0 Å². The molecule has 3 nitrogen and oxygen atoms in total. The lowest BCUT2D eigenvalue weighted by Crippen LogP contribution is -2.10. The molecule has 0 amide bonds. The maximum atomic E-state index is 10.3. The Balaban J connectivity index is 3.83. The van der Waals surface area contributed by atoms with Crippen LogP contribution in [0, 0.1) is 0 Å². The number of hydrogen-bond acceptors (Lipinski definition) is 3. The highest BCUT2D eigenvalue weighted by molar-refractivity contribution is 6.84. The Labute approximate surface area is 56.4 Å². The van der Waals surface area contributed by atoms with E-state index in [9.17, 15) is 4.79 Å². The van der Waals surface area contributed by atoms with E-state index in [1.165, 1.54) is 0 Å². The van der Waals surface area contributed by atoms with Crippen LogP contribution < -0.4 is 5.84 Å². The maximum absolute atomic E-state index is 10.3. The van der Waals surface area contributed by atoms with Gasteiger partial charge in [0, 0.05) is 0 Å². The first-order chi connectivity index (χ1) is 3.72. The van der Waals surface area contributed by atoms with Crippen LogP contribution in [0.1, 0.15) is 0 Å². The Bertz CT molecular complexity index is 122. The normalized spacial score (nSPS) is 11.5. The molecular formula is C3H4Cl2N2O. The number of nitrogens with two attached hydrogens (primary N) is 1. The molecule has 0 rings (SSSR count). The average Bonchev–Trinajstić information content (AvgIpc) is 1.84. The Morgan fingerprint density at radius 3 is 2.38 bits per heavy atom. The molecule has 2 N–H and O–H groups in total. The zero-order valence-corrected chi connectivity index (χ0v) is 5.41. The van der Waals surface area contributed by atoms with Gasteiger partial charge in [0.2, 0.25) is 5.78 Å². The average molecular weight is 155 g/mol. The minimum atomic E-state index is -0.462. The van der Waals surface area contributed by atoms with Crippen LogP contribution in [0.4, 0.5) is 0 Å². The number of hydrazone groups is 1. The van der Waals surface area contributed by atoms with Crippen molar-refractivity contribution in [1.82, 2.24) is 0 Å². The van der Waals surface area contributed by atoms with Gasteiger partial charge in [0.25, 0.3) is 0 Å². The lowest BCUT2D eigenvalue weighted by atomic mass is 10.5. The lowest BCUT2D eigenvalue weighted by Gasteiger charge is -1.85. The van der Waals surface area contributed by atoms with E-state index in [1.54, 1.807) is 0 Å². The van der Waals surface area contributed by atoms with Gasteiger partial charge in [-0.05, 0) is 0 Å². The molecule has 8 heavy (non-hydrogen) atoms. The predicted octanol–water partition coefficient (Wildman–Crippen LogP) is 0.305. The molecule has 0 fully saturated rings. The maximum Gasteiger partial charge on any atom is 0.209 e. The summed E-state index contributed by atoms with van der Waals surface area (Å²) in [4.78, 5) is 10.3. The molecule has 0 heterocycles. The second-order valence-electron chi connectivity index (χ2n) is 0.977. The quantitative estimate of drug-likeness (QED) is 0.270. The summed E-state index contributed by atoms with van der Waals surface area (Å²) in [6.07, 6.45) is 0. The first kappa shape index (κ1) is 7.72. The van der Waals surface area contributed by atoms with E-state index < -0.39 is 5.78 Å². The fourth-order valence-corrected chi connectivity index (χ4v) is 0.389. The number of nitrogens with zero attached hydrogens (tertiary/aromatic N) is 1. The molecule has 0 aliphatic rings. The Morgan fingerprint density at radius 1 is 1.75 bits per heavy atom. The number of halogens is 2. The standard InChI is InChI=1S/C3H4Cl2N2O/c4-1-2(8)3(5)7-6/h1,6H2. The van der Waals surface area contributed by atoms with Crippen LogP contribution in [0.15, 0.2) is 5.10 Å². The van der Waals surface area contributed by atoms with Gasteiger partial charge < -0.3 is 5.84 Å². The van der Waals surface area contributed by atoms with E-state index in [0.29, 0.717) is 0 Å². The lowest BCUT2D eigenvalue weighted by molar-refractivity contribution is -0.110. The number of hydrogen-bond donors (Lipinski definition) is 1. The van der Waals surface area contributed by atoms with Gasteiger partial charge in [0.1, 0.15) is 0 Å². The van der Waals surface area contributed by atoms with Crippen molar-refractivity contribution in [3.05, 3.63) is 0 Å². The van der Waals surface area contributed by atoms with E-state index in [2.05, 4.69) is 10.9 Å². The van der Waals surface area contributed by atoms with Gasteiger partial charge in [-0.1, -0.05) is 11.6 Å². The van der Waals surface area contributed by atoms with E-state index in [1.807, 2.05) is 0 Å². The highest BCUT2D eigenvalue weighted by atomic mass is 35.5. The van der Waals surface area contributed by atoms with Crippen molar-refractivity contribution in [3.8, 4) is 0 Å². The van der Waals surface area contributed by atoms with Gasteiger partial charge in [-0.25, -0.2) is 0 Å². The molecule has 0 unspecified atom stereocenters. The first-order valence-corrected chi connectivity index (χ1v) is 2.66. The van der Waals surface area contributed by atoms with Crippen LogP contribution in [0.2, 0.25) is 0 Å². The molecule has 0 spiro atoms. The minimum absolute atomic E-state index is 0.181. The van der Waals surface area contributed by atoms with Crippen LogP contribution >= 0.6 is 23.2 Å². The van der Waals surface area contributed by atoms with Gasteiger partial charge in [-0.15, -0.1) is 11.6 Å². The van der Waals surface area contributed by atoms with E-state index in [0.717, 1.165) is 0 Å². The van der Waals surface area contributed by atoms with Crippen LogP contribution in [0.3, 0.4) is 0 Å². The van der Waals surface area contributed by atoms with Crippen LogP contribution in [-0.4, -0.2) is 16.8 Å². The SMILES string of the molecule is NN=C(Cl)C(=O)CCl. The summed E-state index contributed by atoms with van der Waals surface area (Å²) < 4.78 is 0. The van der Waals surface area contributed by atoms with Crippen molar-refractivity contribution in [2.24, 2.45) is 10.9 Å². The van der Waals surface area contributed by atoms with E-state index >= 15 is 0 Å². The smallest absolute Gasteiger partial charge is 0.209 e. The molecule has 5 heteroatoms. The topological polar surface area (TPSA) is 55.4 Å². The summed E-state index contributed by atoms with van der Waals surface area (Å²) in [7, 11) is 0. The molecule has 0 aromatic carbocycles. The third-order valence-corrected chi connectivity index (χ3v) is 1.02. The number of ketones is 1. The number of alkyl halides is 1. The van der Waals surface area contributed by atoms with Gasteiger partial charge in [-0.2, -0.15) is 5.10 Å². The highest BCUT2D eigenvalue weighted by Crippen LogP contribution is 1.87. The molecule has 46 valence electrons. The largest absolute Gasteiger partial charge is 0.322 e. The fourth-order valence-electron chi connectivity index (χ4n) is 0.127. The molecule has 0 atom stereocenters. The molecule has 0 aromatic heterocycles. The highest BCUT2D eigenvalue weighted by Gasteiger charge is 2.03. The molecule has 0 aliphatic heterocycles. The van der Waals surface area contributed by atoms with Crippen molar-refractivity contribution >= 4 is 34.2 Å². The van der Waals surface area contributed by atoms with E-state index in [4.69, 9.17) is 23.2 Å². The summed E-state index contributed by atoms with van der Waals surface area (Å²) in [5, 5.41) is 2.64. The summed E-state index contributed by atoms with van der Waals surface area (Å²) in [6.45, 7) is 0. The zero-order chi connectivity index (χ0) is 6.57. The molecule has 0 aromatic rings. The van der Waals surface area contributed by atoms with Crippen molar-refractivity contribution in [2.75, 3.05) is 5.88 Å². The Hall–Kier alpha value is -0.280. The van der Waals surface area contributed by atoms with Crippen LogP contribution in [0.25, 0.3) is 0 Å². The molecule has 0 saturated heterocycles. The van der Waals surface area contributed by atoms with Crippen molar-refractivity contribution < 1.29 is 4.79 Å².